The predicted octanol–water partition coefficient (Wildman–Crippen LogP) is 0.833. The van der Waals surface area contributed by atoms with E-state index in [0.29, 0.717) is 30.8 Å². The van der Waals surface area contributed by atoms with Gasteiger partial charge in [-0.2, -0.15) is 4.31 Å². The summed E-state index contributed by atoms with van der Waals surface area (Å²) >= 11 is 0. The summed E-state index contributed by atoms with van der Waals surface area (Å²) in [6.07, 6.45) is 3.98. The van der Waals surface area contributed by atoms with Gasteiger partial charge in [-0.3, -0.25) is 4.79 Å². The van der Waals surface area contributed by atoms with Gasteiger partial charge in [-0.25, -0.2) is 16.8 Å². The number of sulfone groups is 1. The van der Waals surface area contributed by atoms with Crippen molar-refractivity contribution in [2.45, 2.75) is 37.0 Å². The first-order valence-corrected chi connectivity index (χ1v) is 13.1. The van der Waals surface area contributed by atoms with Crippen molar-refractivity contribution in [3.8, 4) is 0 Å². The first kappa shape index (κ1) is 19.8. The van der Waals surface area contributed by atoms with Crippen molar-refractivity contribution in [2.24, 2.45) is 5.92 Å². The number of amides is 1. The lowest BCUT2D eigenvalue weighted by Gasteiger charge is -2.35. The van der Waals surface area contributed by atoms with Crippen molar-refractivity contribution in [3.63, 3.8) is 0 Å². The molecule has 2 aliphatic heterocycles. The molecule has 0 atom stereocenters. The van der Waals surface area contributed by atoms with E-state index in [2.05, 4.69) is 0 Å². The number of carbonyl (C=O) groups is 1. The van der Waals surface area contributed by atoms with Gasteiger partial charge < -0.3 is 4.90 Å². The van der Waals surface area contributed by atoms with Crippen molar-refractivity contribution in [2.75, 3.05) is 37.7 Å². The third kappa shape index (κ3) is 3.84. The number of hydrogen-bond acceptors (Lipinski definition) is 5. The zero-order chi connectivity index (χ0) is 19.9. The molecule has 1 aromatic rings. The number of sulfonamides is 1. The highest BCUT2D eigenvalue weighted by atomic mass is 32.2. The molecule has 0 radical (unpaired) electrons. The van der Waals surface area contributed by atoms with Crippen LogP contribution in [0.1, 0.15) is 30.4 Å². The summed E-state index contributed by atoms with van der Waals surface area (Å²) < 4.78 is 50.6. The molecule has 1 amide bonds. The van der Waals surface area contributed by atoms with E-state index in [0.717, 1.165) is 24.8 Å². The van der Waals surface area contributed by atoms with Crippen LogP contribution in [0.5, 0.6) is 0 Å². The number of benzene rings is 1. The molecule has 9 heteroatoms. The molecule has 3 aliphatic rings. The Morgan fingerprint density at radius 3 is 2.29 bits per heavy atom. The smallest absolute Gasteiger partial charge is 0.243 e. The van der Waals surface area contributed by atoms with Crippen molar-refractivity contribution in [1.82, 2.24) is 9.21 Å². The molecule has 0 saturated carbocycles. The van der Waals surface area contributed by atoms with Crippen LogP contribution in [0.4, 0.5) is 0 Å². The van der Waals surface area contributed by atoms with E-state index in [4.69, 9.17) is 0 Å². The summed E-state index contributed by atoms with van der Waals surface area (Å²) in [5.74, 6) is -0.231. The van der Waals surface area contributed by atoms with Crippen LogP contribution < -0.4 is 0 Å². The van der Waals surface area contributed by atoms with E-state index >= 15 is 0 Å². The molecule has 28 heavy (non-hydrogen) atoms. The second-order valence-corrected chi connectivity index (χ2v) is 12.2. The molecular weight excluding hydrogens is 400 g/mol. The molecule has 0 aromatic heterocycles. The fourth-order valence-corrected chi connectivity index (χ4v) is 7.11. The Bertz CT molecular complexity index is 966. The van der Waals surface area contributed by atoms with Crippen LogP contribution in [-0.2, 0) is 37.5 Å². The average Bonchev–Trinajstić information content (AvgIpc) is 3.15. The number of nitrogens with zero attached hydrogens (tertiary/aromatic N) is 2. The van der Waals surface area contributed by atoms with Crippen molar-refractivity contribution >= 4 is 25.8 Å². The molecule has 0 unspecified atom stereocenters. The van der Waals surface area contributed by atoms with E-state index in [1.54, 1.807) is 11.0 Å². The molecule has 0 bridgehead atoms. The Morgan fingerprint density at radius 1 is 0.964 bits per heavy atom. The quantitative estimate of drug-likeness (QED) is 0.714. The number of rotatable bonds is 3. The minimum Gasteiger partial charge on any atom is -0.340 e. The maximum absolute atomic E-state index is 13.0. The van der Waals surface area contributed by atoms with Crippen LogP contribution in [-0.4, -0.2) is 69.6 Å². The Kier molecular flexibility index (Phi) is 5.26. The third-order valence-electron chi connectivity index (χ3n) is 6.17. The average molecular weight is 427 g/mol. The van der Waals surface area contributed by atoms with Crippen LogP contribution in [0.2, 0.25) is 0 Å². The van der Waals surface area contributed by atoms with E-state index in [9.17, 15) is 21.6 Å². The third-order valence-corrected chi connectivity index (χ3v) is 9.67. The highest BCUT2D eigenvalue weighted by Crippen LogP contribution is 2.29. The second-order valence-electron chi connectivity index (χ2n) is 7.94. The lowest BCUT2D eigenvalue weighted by molar-refractivity contribution is -0.136. The first-order valence-electron chi connectivity index (χ1n) is 9.87. The minimum absolute atomic E-state index is 0.0181. The Morgan fingerprint density at radius 2 is 1.61 bits per heavy atom. The van der Waals surface area contributed by atoms with Crippen LogP contribution in [0.15, 0.2) is 23.1 Å². The molecule has 1 aliphatic carbocycles. The normalized spacial score (nSPS) is 23.5. The van der Waals surface area contributed by atoms with Crippen molar-refractivity contribution < 1.29 is 21.6 Å². The summed E-state index contributed by atoms with van der Waals surface area (Å²) in [4.78, 5) is 14.6. The van der Waals surface area contributed by atoms with Gasteiger partial charge in [0, 0.05) is 32.1 Å². The maximum atomic E-state index is 13.0. The maximum Gasteiger partial charge on any atom is 0.243 e. The Balaban J connectivity index is 1.39. The van der Waals surface area contributed by atoms with Crippen LogP contribution in [0.25, 0.3) is 0 Å². The molecule has 154 valence electrons. The number of carbonyl (C=O) groups excluding carboxylic acids is 1. The summed E-state index contributed by atoms with van der Waals surface area (Å²) in [6.45, 7) is 1.13. The summed E-state index contributed by atoms with van der Waals surface area (Å²) in [6, 6.07) is 5.43. The lowest BCUT2D eigenvalue weighted by Crippen LogP contribution is -2.49. The van der Waals surface area contributed by atoms with Gasteiger partial charge in [0.05, 0.1) is 16.4 Å². The number of piperidine rings is 1. The Labute approximate surface area is 166 Å². The van der Waals surface area contributed by atoms with E-state index in [1.165, 1.54) is 9.87 Å². The van der Waals surface area contributed by atoms with Crippen molar-refractivity contribution in [1.29, 1.82) is 0 Å². The fourth-order valence-electron chi connectivity index (χ4n) is 4.39. The molecule has 4 rings (SSSR count). The van der Waals surface area contributed by atoms with E-state index in [-0.39, 0.29) is 36.4 Å². The first-order chi connectivity index (χ1) is 13.3. The number of aryl methyl sites for hydroxylation is 2. The molecule has 7 nitrogen and oxygen atoms in total. The summed E-state index contributed by atoms with van der Waals surface area (Å²) in [5, 5.41) is 0. The highest BCUT2D eigenvalue weighted by Gasteiger charge is 2.35. The van der Waals surface area contributed by atoms with Crippen LogP contribution >= 0.6 is 0 Å². The summed E-state index contributed by atoms with van der Waals surface area (Å²) in [5.41, 5.74) is 2.37. The lowest BCUT2D eigenvalue weighted by atomic mass is 9.96. The molecule has 2 heterocycles. The molecule has 1 aromatic carbocycles. The van der Waals surface area contributed by atoms with Gasteiger partial charge in [0.1, 0.15) is 0 Å². The van der Waals surface area contributed by atoms with E-state index < -0.39 is 19.9 Å². The highest BCUT2D eigenvalue weighted by molar-refractivity contribution is 7.91. The zero-order valence-electron chi connectivity index (χ0n) is 15.8. The van der Waals surface area contributed by atoms with Crippen LogP contribution in [0.3, 0.4) is 0 Å². The predicted molar refractivity (Wildman–Crippen MR) is 105 cm³/mol. The zero-order valence-corrected chi connectivity index (χ0v) is 17.5. The minimum atomic E-state index is -3.54. The largest absolute Gasteiger partial charge is 0.340 e. The Hall–Kier alpha value is -1.45. The topological polar surface area (TPSA) is 91.8 Å². The monoisotopic (exact) mass is 426 g/mol. The van der Waals surface area contributed by atoms with Crippen LogP contribution in [0, 0.1) is 5.92 Å². The fraction of sp³-hybridized carbons (Fsp3) is 0.632. The van der Waals surface area contributed by atoms with Gasteiger partial charge in [-0.1, -0.05) is 6.07 Å². The standard InChI is InChI=1S/C19H26N2O5S2/c22-19(20-10-12-27(23,24)13-11-20)16-6-8-21(9-7-16)28(25,26)18-5-4-15-2-1-3-17(15)14-18/h4-5,14,16H,1-3,6-13H2. The molecule has 2 fully saturated rings. The SMILES string of the molecule is O=C(C1CCN(S(=O)(=O)c2ccc3c(c2)CCC3)CC1)N1CCS(=O)(=O)CC1. The van der Waals surface area contributed by atoms with Crippen molar-refractivity contribution in [3.05, 3.63) is 29.3 Å². The molecule has 0 N–H and O–H groups in total. The van der Waals surface area contributed by atoms with Gasteiger partial charge >= 0.3 is 0 Å². The molecular formula is C19H26N2O5S2. The van der Waals surface area contributed by atoms with E-state index in [1.807, 2.05) is 12.1 Å². The van der Waals surface area contributed by atoms with Gasteiger partial charge in [0.15, 0.2) is 9.84 Å². The number of hydrogen-bond donors (Lipinski definition) is 0. The van der Waals surface area contributed by atoms with Gasteiger partial charge in [0.2, 0.25) is 15.9 Å². The molecule has 0 spiro atoms. The van der Waals surface area contributed by atoms with Gasteiger partial charge in [0.25, 0.3) is 0 Å². The number of fused-ring (bicyclic) bond motifs is 1. The summed E-state index contributed by atoms with van der Waals surface area (Å²) in [7, 11) is -6.57. The van der Waals surface area contributed by atoms with Gasteiger partial charge in [-0.05, 0) is 55.4 Å². The molecule has 2 saturated heterocycles. The van der Waals surface area contributed by atoms with Gasteiger partial charge in [-0.15, -0.1) is 0 Å². The second kappa shape index (κ2) is 7.42.